The van der Waals surface area contributed by atoms with Crippen molar-refractivity contribution in [3.63, 3.8) is 0 Å². The summed E-state index contributed by atoms with van der Waals surface area (Å²) in [5.74, 6) is 0. The normalized spacial score (nSPS) is 12.8. The highest BCUT2D eigenvalue weighted by Crippen LogP contribution is 2.23. The van der Waals surface area contributed by atoms with E-state index in [1.54, 1.807) is 0 Å². The van der Waals surface area contributed by atoms with Gasteiger partial charge in [-0.1, -0.05) is 54.1 Å². The van der Waals surface area contributed by atoms with Crippen molar-refractivity contribution in [3.05, 3.63) is 70.8 Å². The zero-order valence-corrected chi connectivity index (χ0v) is 14.8. The SMILES string of the molecule is Cc1ccc(C)c(C(O)CCN(Cc2ccccc2)C(C)C)c1. The lowest BCUT2D eigenvalue weighted by Gasteiger charge is -2.28. The van der Waals surface area contributed by atoms with Crippen LogP contribution in [0.4, 0.5) is 0 Å². The molecule has 1 unspecified atom stereocenters. The van der Waals surface area contributed by atoms with Crippen LogP contribution in [0.1, 0.15) is 48.6 Å². The third-order valence-corrected chi connectivity index (χ3v) is 4.44. The molecule has 23 heavy (non-hydrogen) atoms. The Labute approximate surface area is 140 Å². The van der Waals surface area contributed by atoms with Gasteiger partial charge >= 0.3 is 0 Å². The summed E-state index contributed by atoms with van der Waals surface area (Å²) in [5.41, 5.74) is 4.76. The minimum absolute atomic E-state index is 0.396. The summed E-state index contributed by atoms with van der Waals surface area (Å²) in [5, 5.41) is 10.6. The van der Waals surface area contributed by atoms with Gasteiger partial charge in [-0.15, -0.1) is 0 Å². The van der Waals surface area contributed by atoms with Gasteiger partial charge in [0.05, 0.1) is 6.10 Å². The van der Waals surface area contributed by atoms with Crippen LogP contribution in [0.5, 0.6) is 0 Å². The predicted octanol–water partition coefficient (Wildman–Crippen LogP) is 4.64. The molecule has 0 saturated heterocycles. The number of hydrogen-bond acceptors (Lipinski definition) is 2. The van der Waals surface area contributed by atoms with Crippen LogP contribution in [0.25, 0.3) is 0 Å². The molecule has 0 aliphatic rings. The van der Waals surface area contributed by atoms with Crippen molar-refractivity contribution in [2.45, 2.75) is 52.8 Å². The maximum atomic E-state index is 10.6. The van der Waals surface area contributed by atoms with E-state index in [1.165, 1.54) is 16.7 Å². The minimum Gasteiger partial charge on any atom is -0.388 e. The van der Waals surface area contributed by atoms with E-state index in [0.717, 1.165) is 25.1 Å². The third kappa shape index (κ3) is 5.19. The van der Waals surface area contributed by atoms with Gasteiger partial charge in [-0.3, -0.25) is 4.90 Å². The predicted molar refractivity (Wildman–Crippen MR) is 97.5 cm³/mol. The lowest BCUT2D eigenvalue weighted by molar-refractivity contribution is 0.126. The molecule has 0 saturated carbocycles. The molecule has 2 aromatic rings. The maximum Gasteiger partial charge on any atom is 0.0804 e. The van der Waals surface area contributed by atoms with E-state index in [0.29, 0.717) is 6.04 Å². The highest BCUT2D eigenvalue weighted by molar-refractivity contribution is 5.32. The van der Waals surface area contributed by atoms with Crippen LogP contribution in [-0.2, 0) is 6.54 Å². The van der Waals surface area contributed by atoms with Gasteiger partial charge < -0.3 is 5.11 Å². The Bertz CT molecular complexity index is 606. The Hall–Kier alpha value is -1.64. The maximum absolute atomic E-state index is 10.6. The summed E-state index contributed by atoms with van der Waals surface area (Å²) in [6.07, 6.45) is 0.363. The summed E-state index contributed by atoms with van der Waals surface area (Å²) in [6, 6.07) is 17.3. The van der Waals surface area contributed by atoms with Gasteiger partial charge in [-0.05, 0) is 50.8 Å². The van der Waals surface area contributed by atoms with E-state index >= 15 is 0 Å². The smallest absolute Gasteiger partial charge is 0.0804 e. The Kier molecular flexibility index (Phi) is 6.37. The standard InChI is InChI=1S/C21H29NO/c1-16(2)22(15-19-8-6-5-7-9-19)13-12-21(23)20-14-17(3)10-11-18(20)4/h5-11,14,16,21,23H,12-13,15H2,1-4H3. The first-order valence-electron chi connectivity index (χ1n) is 8.50. The van der Waals surface area contributed by atoms with Crippen LogP contribution < -0.4 is 0 Å². The van der Waals surface area contributed by atoms with Crippen molar-refractivity contribution in [2.24, 2.45) is 0 Å². The first-order chi connectivity index (χ1) is 11.0. The lowest BCUT2D eigenvalue weighted by Crippen LogP contribution is -2.32. The van der Waals surface area contributed by atoms with Gasteiger partial charge in [-0.25, -0.2) is 0 Å². The zero-order chi connectivity index (χ0) is 16.8. The van der Waals surface area contributed by atoms with Gasteiger partial charge in [0.2, 0.25) is 0 Å². The molecule has 2 rings (SSSR count). The van der Waals surface area contributed by atoms with E-state index in [9.17, 15) is 5.11 Å². The van der Waals surface area contributed by atoms with Crippen molar-refractivity contribution in [1.29, 1.82) is 0 Å². The van der Waals surface area contributed by atoms with Crippen molar-refractivity contribution in [1.82, 2.24) is 4.90 Å². The quantitative estimate of drug-likeness (QED) is 0.805. The molecule has 124 valence electrons. The van der Waals surface area contributed by atoms with Crippen molar-refractivity contribution >= 4 is 0 Å². The second kappa shape index (κ2) is 8.28. The summed E-state index contributed by atoms with van der Waals surface area (Å²) in [6.45, 7) is 10.4. The Morgan fingerprint density at radius 2 is 1.70 bits per heavy atom. The molecule has 0 radical (unpaired) electrons. The van der Waals surface area contributed by atoms with E-state index in [-0.39, 0.29) is 0 Å². The molecule has 2 heteroatoms. The molecule has 0 spiro atoms. The fourth-order valence-electron chi connectivity index (χ4n) is 2.90. The molecular weight excluding hydrogens is 282 g/mol. The minimum atomic E-state index is -0.396. The third-order valence-electron chi connectivity index (χ3n) is 4.44. The van der Waals surface area contributed by atoms with Gasteiger partial charge in [0.15, 0.2) is 0 Å². The molecule has 1 N–H and O–H groups in total. The van der Waals surface area contributed by atoms with Crippen LogP contribution in [-0.4, -0.2) is 22.6 Å². The molecule has 0 amide bonds. The van der Waals surface area contributed by atoms with E-state index in [2.05, 4.69) is 75.1 Å². The zero-order valence-electron chi connectivity index (χ0n) is 14.8. The number of benzene rings is 2. The van der Waals surface area contributed by atoms with Crippen molar-refractivity contribution in [3.8, 4) is 0 Å². The summed E-state index contributed by atoms with van der Waals surface area (Å²) >= 11 is 0. The van der Waals surface area contributed by atoms with Gasteiger partial charge in [0.1, 0.15) is 0 Å². The van der Waals surface area contributed by atoms with Crippen molar-refractivity contribution in [2.75, 3.05) is 6.54 Å². The average Bonchev–Trinajstić information content (AvgIpc) is 2.54. The van der Waals surface area contributed by atoms with Crippen LogP contribution in [0, 0.1) is 13.8 Å². The molecule has 0 fully saturated rings. The Morgan fingerprint density at radius 3 is 2.35 bits per heavy atom. The Morgan fingerprint density at radius 1 is 1.00 bits per heavy atom. The highest BCUT2D eigenvalue weighted by atomic mass is 16.3. The van der Waals surface area contributed by atoms with Crippen molar-refractivity contribution < 1.29 is 5.11 Å². The highest BCUT2D eigenvalue weighted by Gasteiger charge is 2.15. The summed E-state index contributed by atoms with van der Waals surface area (Å²) < 4.78 is 0. The molecule has 0 aliphatic heterocycles. The molecule has 2 nitrogen and oxygen atoms in total. The van der Waals surface area contributed by atoms with Crippen LogP contribution in [0.2, 0.25) is 0 Å². The molecule has 0 aromatic heterocycles. The van der Waals surface area contributed by atoms with Gasteiger partial charge in [-0.2, -0.15) is 0 Å². The molecule has 0 bridgehead atoms. The molecule has 0 heterocycles. The number of nitrogens with zero attached hydrogens (tertiary/aromatic N) is 1. The summed E-state index contributed by atoms with van der Waals surface area (Å²) in [7, 11) is 0. The molecular formula is C21H29NO. The fourth-order valence-corrected chi connectivity index (χ4v) is 2.90. The van der Waals surface area contributed by atoms with E-state index < -0.39 is 6.10 Å². The number of rotatable bonds is 7. The van der Waals surface area contributed by atoms with Crippen LogP contribution in [0.15, 0.2) is 48.5 Å². The van der Waals surface area contributed by atoms with Crippen LogP contribution in [0.3, 0.4) is 0 Å². The lowest BCUT2D eigenvalue weighted by atomic mass is 9.98. The largest absolute Gasteiger partial charge is 0.388 e. The first-order valence-corrected chi connectivity index (χ1v) is 8.50. The number of aliphatic hydroxyl groups excluding tert-OH is 1. The molecule has 2 aromatic carbocycles. The second-order valence-electron chi connectivity index (χ2n) is 6.71. The number of aliphatic hydroxyl groups is 1. The topological polar surface area (TPSA) is 23.5 Å². The second-order valence-corrected chi connectivity index (χ2v) is 6.71. The van der Waals surface area contributed by atoms with E-state index in [4.69, 9.17) is 0 Å². The van der Waals surface area contributed by atoms with E-state index in [1.807, 2.05) is 6.07 Å². The monoisotopic (exact) mass is 311 g/mol. The Balaban J connectivity index is 1.99. The first kappa shape index (κ1) is 17.7. The average molecular weight is 311 g/mol. The van der Waals surface area contributed by atoms with Gasteiger partial charge in [0, 0.05) is 19.1 Å². The van der Waals surface area contributed by atoms with Crippen LogP contribution >= 0.6 is 0 Å². The van der Waals surface area contributed by atoms with Gasteiger partial charge in [0.25, 0.3) is 0 Å². The fraction of sp³-hybridized carbons (Fsp3) is 0.429. The number of hydrogen-bond donors (Lipinski definition) is 1. The molecule has 0 aliphatic carbocycles. The molecule has 1 atom stereocenters. The summed E-state index contributed by atoms with van der Waals surface area (Å²) in [4.78, 5) is 2.42. The number of aryl methyl sites for hydroxylation is 2.